The topological polar surface area (TPSA) is 52.9 Å². The molecule has 2 N–H and O–H groups in total. The van der Waals surface area contributed by atoms with E-state index in [1.807, 2.05) is 6.07 Å². The number of benzene rings is 2. The summed E-state index contributed by atoms with van der Waals surface area (Å²) in [6, 6.07) is 14.1. The molecule has 1 unspecified atom stereocenters. The highest BCUT2D eigenvalue weighted by molar-refractivity contribution is 8.93. The van der Waals surface area contributed by atoms with Crippen LogP contribution in [0.25, 0.3) is 0 Å². The summed E-state index contributed by atoms with van der Waals surface area (Å²) in [5, 5.41) is 19.9. The third-order valence-electron chi connectivity index (χ3n) is 5.93. The smallest absolute Gasteiger partial charge is 0.161 e. The first kappa shape index (κ1) is 23.2. The third-order valence-corrected chi connectivity index (χ3v) is 5.93. The first-order valence-electron chi connectivity index (χ1n) is 9.61. The van der Waals surface area contributed by atoms with Crippen LogP contribution in [0.5, 0.6) is 11.5 Å². The summed E-state index contributed by atoms with van der Waals surface area (Å²) >= 11 is 0. The normalized spacial score (nSPS) is 19.9. The molecule has 1 fully saturated rings. The van der Waals surface area contributed by atoms with Gasteiger partial charge in [-0.3, -0.25) is 0 Å². The second kappa shape index (κ2) is 10.6. The maximum atomic E-state index is 10.2. The molecule has 2 aromatic carbocycles. The predicted molar refractivity (Wildman–Crippen MR) is 122 cm³/mol. The number of phenols is 2. The van der Waals surface area contributed by atoms with Crippen LogP contribution < -0.4 is 0 Å². The largest absolute Gasteiger partial charge is 0.504 e. The Balaban J connectivity index is 0.00000140. The molecule has 0 amide bonds. The summed E-state index contributed by atoms with van der Waals surface area (Å²) in [6.45, 7) is 3.86. The van der Waals surface area contributed by atoms with Crippen molar-refractivity contribution in [1.29, 1.82) is 0 Å². The number of rotatable bonds is 4. The standard InChI is InChI=1S/C22H27NO3.2BrH/c24-20-7-6-18-15-26-21(14-19(18)22(20)25)17-9-12-23(13-10-17)11-8-16-4-2-1-3-5-16;;/h1-7,17,21,24-25H,8-15H2;2*1H. The zero-order valence-corrected chi connectivity index (χ0v) is 19.3. The number of piperidine rings is 1. The van der Waals surface area contributed by atoms with Crippen LogP contribution in [0.2, 0.25) is 0 Å². The molecule has 0 aliphatic carbocycles. The monoisotopic (exact) mass is 513 g/mol. The van der Waals surface area contributed by atoms with E-state index < -0.39 is 0 Å². The summed E-state index contributed by atoms with van der Waals surface area (Å²) in [6.07, 6.45) is 4.21. The minimum Gasteiger partial charge on any atom is -0.504 e. The van der Waals surface area contributed by atoms with Crippen molar-refractivity contribution in [3.8, 4) is 11.5 Å². The summed E-state index contributed by atoms with van der Waals surface area (Å²) in [7, 11) is 0. The van der Waals surface area contributed by atoms with Crippen LogP contribution in [0.3, 0.4) is 0 Å². The lowest BCUT2D eigenvalue weighted by Gasteiger charge is -2.38. The van der Waals surface area contributed by atoms with Gasteiger partial charge in [-0.25, -0.2) is 0 Å². The quantitative estimate of drug-likeness (QED) is 0.583. The summed E-state index contributed by atoms with van der Waals surface area (Å²) < 4.78 is 6.09. The first-order chi connectivity index (χ1) is 12.7. The van der Waals surface area contributed by atoms with Gasteiger partial charge in [0.05, 0.1) is 12.7 Å². The Hall–Kier alpha value is -1.08. The van der Waals surface area contributed by atoms with E-state index in [-0.39, 0.29) is 51.6 Å². The van der Waals surface area contributed by atoms with E-state index in [9.17, 15) is 10.2 Å². The fourth-order valence-corrected chi connectivity index (χ4v) is 4.27. The van der Waals surface area contributed by atoms with Crippen molar-refractivity contribution in [2.24, 2.45) is 5.92 Å². The Kier molecular flexibility index (Phi) is 8.81. The predicted octanol–water partition coefficient (Wildman–Crippen LogP) is 4.65. The van der Waals surface area contributed by atoms with E-state index in [1.54, 1.807) is 6.07 Å². The van der Waals surface area contributed by atoms with Gasteiger partial charge < -0.3 is 19.8 Å². The van der Waals surface area contributed by atoms with Crippen molar-refractivity contribution in [3.63, 3.8) is 0 Å². The van der Waals surface area contributed by atoms with Crippen molar-refractivity contribution in [1.82, 2.24) is 4.90 Å². The molecule has 1 atom stereocenters. The van der Waals surface area contributed by atoms with E-state index in [0.717, 1.165) is 50.0 Å². The Labute approximate surface area is 188 Å². The number of likely N-dealkylation sites (tertiary alicyclic amines) is 1. The van der Waals surface area contributed by atoms with Gasteiger partial charge in [-0.05, 0) is 55.5 Å². The van der Waals surface area contributed by atoms with Crippen molar-refractivity contribution >= 4 is 34.0 Å². The van der Waals surface area contributed by atoms with Gasteiger partial charge in [0.2, 0.25) is 0 Å². The Morgan fingerprint density at radius 2 is 1.68 bits per heavy atom. The van der Waals surface area contributed by atoms with Crippen LogP contribution in [0.1, 0.15) is 29.5 Å². The summed E-state index contributed by atoms with van der Waals surface area (Å²) in [5.41, 5.74) is 3.27. The van der Waals surface area contributed by atoms with E-state index >= 15 is 0 Å². The van der Waals surface area contributed by atoms with Crippen LogP contribution in [-0.4, -0.2) is 40.9 Å². The number of halogens is 2. The molecule has 2 aromatic rings. The lowest BCUT2D eigenvalue weighted by molar-refractivity contribution is -0.0287. The van der Waals surface area contributed by atoms with E-state index in [0.29, 0.717) is 18.9 Å². The lowest BCUT2D eigenvalue weighted by atomic mass is 9.85. The maximum absolute atomic E-state index is 10.2. The van der Waals surface area contributed by atoms with E-state index in [4.69, 9.17) is 4.74 Å². The highest BCUT2D eigenvalue weighted by Gasteiger charge is 2.31. The highest BCUT2D eigenvalue weighted by Crippen LogP contribution is 2.38. The first-order valence-corrected chi connectivity index (χ1v) is 9.61. The van der Waals surface area contributed by atoms with Crippen molar-refractivity contribution in [2.75, 3.05) is 19.6 Å². The molecule has 1 saturated heterocycles. The molecule has 2 aliphatic rings. The van der Waals surface area contributed by atoms with Crippen molar-refractivity contribution in [2.45, 2.75) is 38.4 Å². The maximum Gasteiger partial charge on any atom is 0.161 e. The Morgan fingerprint density at radius 3 is 2.39 bits per heavy atom. The fourth-order valence-electron chi connectivity index (χ4n) is 4.27. The number of nitrogens with zero attached hydrogens (tertiary/aromatic N) is 1. The lowest BCUT2D eigenvalue weighted by Crippen LogP contribution is -2.41. The number of hydrogen-bond acceptors (Lipinski definition) is 4. The number of hydrogen-bond donors (Lipinski definition) is 2. The molecule has 4 rings (SSSR count). The van der Waals surface area contributed by atoms with Crippen molar-refractivity contribution in [3.05, 3.63) is 59.2 Å². The number of fused-ring (bicyclic) bond motifs is 1. The van der Waals surface area contributed by atoms with Crippen LogP contribution in [-0.2, 0) is 24.2 Å². The fraction of sp³-hybridized carbons (Fsp3) is 0.455. The SMILES string of the molecule is Br.Br.Oc1ccc2c(c1O)CC(C1CCN(CCc3ccccc3)CC1)OC2. The average molecular weight is 515 g/mol. The average Bonchev–Trinajstić information content (AvgIpc) is 2.70. The van der Waals surface area contributed by atoms with Gasteiger partial charge in [0.15, 0.2) is 11.5 Å². The van der Waals surface area contributed by atoms with Crippen LogP contribution >= 0.6 is 34.0 Å². The second-order valence-corrected chi connectivity index (χ2v) is 7.54. The van der Waals surface area contributed by atoms with E-state index in [2.05, 4.69) is 35.2 Å². The third kappa shape index (κ3) is 5.29. The highest BCUT2D eigenvalue weighted by atomic mass is 79.9. The molecule has 2 aliphatic heterocycles. The van der Waals surface area contributed by atoms with Crippen molar-refractivity contribution < 1.29 is 14.9 Å². The zero-order chi connectivity index (χ0) is 17.9. The number of phenolic OH excluding ortho intramolecular Hbond substituents is 2. The minimum absolute atomic E-state index is 0. The van der Waals surface area contributed by atoms with Gasteiger partial charge in [-0.15, -0.1) is 34.0 Å². The summed E-state index contributed by atoms with van der Waals surface area (Å²) in [5.74, 6) is 0.536. The Bertz CT molecular complexity index is 749. The molecule has 0 aromatic heterocycles. The van der Waals surface area contributed by atoms with Gasteiger partial charge in [0, 0.05) is 18.5 Å². The minimum atomic E-state index is -0.0277. The molecular weight excluding hydrogens is 486 g/mol. The molecule has 0 bridgehead atoms. The van der Waals surface area contributed by atoms with Gasteiger partial charge in [0.1, 0.15) is 0 Å². The Morgan fingerprint density at radius 1 is 0.964 bits per heavy atom. The molecule has 6 heteroatoms. The molecule has 0 radical (unpaired) electrons. The molecule has 2 heterocycles. The van der Waals surface area contributed by atoms with Crippen LogP contribution in [0, 0.1) is 5.92 Å². The zero-order valence-electron chi connectivity index (χ0n) is 15.9. The number of aromatic hydroxyl groups is 2. The molecule has 0 spiro atoms. The molecule has 4 nitrogen and oxygen atoms in total. The molecule has 28 heavy (non-hydrogen) atoms. The molecular formula is C22H29Br2NO3. The van der Waals surface area contributed by atoms with Crippen LogP contribution in [0.4, 0.5) is 0 Å². The van der Waals surface area contributed by atoms with E-state index in [1.165, 1.54) is 5.56 Å². The molecule has 0 saturated carbocycles. The van der Waals surface area contributed by atoms with Gasteiger partial charge in [0.25, 0.3) is 0 Å². The summed E-state index contributed by atoms with van der Waals surface area (Å²) in [4.78, 5) is 2.55. The van der Waals surface area contributed by atoms with Crippen LogP contribution in [0.15, 0.2) is 42.5 Å². The second-order valence-electron chi connectivity index (χ2n) is 7.54. The molecule has 154 valence electrons. The van der Waals surface area contributed by atoms with Gasteiger partial charge in [-0.1, -0.05) is 36.4 Å². The van der Waals surface area contributed by atoms with Gasteiger partial charge in [-0.2, -0.15) is 0 Å². The van der Waals surface area contributed by atoms with Gasteiger partial charge >= 0.3 is 0 Å². The number of ether oxygens (including phenoxy) is 1.